The van der Waals surface area contributed by atoms with E-state index in [1.165, 1.54) is 13.2 Å². The largest absolute Gasteiger partial charge is 0.493 e. The summed E-state index contributed by atoms with van der Waals surface area (Å²) in [5, 5.41) is 12.0. The minimum absolute atomic E-state index is 0.0266. The molecule has 2 aromatic rings. The molecule has 8 heteroatoms. The number of alkyl halides is 2. The zero-order valence-corrected chi connectivity index (χ0v) is 11.7. The molecule has 0 bridgehead atoms. The fourth-order valence-electron chi connectivity index (χ4n) is 1.71. The molecule has 0 atom stereocenters. The molecule has 0 aliphatic rings. The average Bonchev–Trinajstić information content (AvgIpc) is 2.76. The average molecular weight is 296 g/mol. The molecule has 0 saturated heterocycles. The third-order valence-electron chi connectivity index (χ3n) is 2.68. The lowest BCUT2D eigenvalue weighted by Crippen LogP contribution is -2.04. The first-order valence-corrected chi connectivity index (χ1v) is 6.07. The molecule has 0 aliphatic heterocycles. The van der Waals surface area contributed by atoms with E-state index in [2.05, 4.69) is 20.0 Å². The maximum absolute atomic E-state index is 12.2. The van der Waals surface area contributed by atoms with E-state index in [9.17, 15) is 8.78 Å². The highest BCUT2D eigenvalue weighted by Gasteiger charge is 2.10. The van der Waals surface area contributed by atoms with Crippen LogP contribution in [-0.4, -0.2) is 34.8 Å². The van der Waals surface area contributed by atoms with E-state index in [1.54, 1.807) is 36.9 Å². The molecule has 2 rings (SSSR count). The summed E-state index contributed by atoms with van der Waals surface area (Å²) in [4.78, 5) is 0. The molecule has 0 spiro atoms. The highest BCUT2D eigenvalue weighted by molar-refractivity contribution is 5.80. The van der Waals surface area contributed by atoms with Crippen molar-refractivity contribution in [2.45, 2.75) is 20.5 Å². The van der Waals surface area contributed by atoms with Crippen LogP contribution in [0.15, 0.2) is 23.3 Å². The second kappa shape index (κ2) is 6.29. The summed E-state index contributed by atoms with van der Waals surface area (Å²) in [5.41, 5.74) is 0.668. The normalized spacial score (nSPS) is 11.3. The summed E-state index contributed by atoms with van der Waals surface area (Å²) >= 11 is 0. The summed E-state index contributed by atoms with van der Waals surface area (Å²) in [6.07, 6.45) is 1.55. The zero-order chi connectivity index (χ0) is 15.4. The van der Waals surface area contributed by atoms with E-state index in [1.807, 2.05) is 0 Å². The smallest absolute Gasteiger partial charge is 0.387 e. The summed E-state index contributed by atoms with van der Waals surface area (Å²) in [5.74, 6) is 1.47. The first-order chi connectivity index (χ1) is 10.0. The van der Waals surface area contributed by atoms with Gasteiger partial charge in [-0.3, -0.25) is 0 Å². The van der Waals surface area contributed by atoms with Crippen LogP contribution < -0.4 is 9.47 Å². The van der Waals surface area contributed by atoms with Gasteiger partial charge in [-0.1, -0.05) is 0 Å². The van der Waals surface area contributed by atoms with Crippen LogP contribution in [0.3, 0.4) is 0 Å². The number of halogens is 2. The van der Waals surface area contributed by atoms with Crippen LogP contribution in [0.2, 0.25) is 0 Å². The van der Waals surface area contributed by atoms with Crippen molar-refractivity contribution in [1.29, 1.82) is 0 Å². The van der Waals surface area contributed by atoms with Gasteiger partial charge in [-0.25, -0.2) is 4.68 Å². The maximum Gasteiger partial charge on any atom is 0.387 e. The Morgan fingerprint density at radius 1 is 1.19 bits per heavy atom. The number of methoxy groups -OCH3 is 1. The number of aryl methyl sites for hydroxylation is 2. The molecule has 0 N–H and O–H groups in total. The van der Waals surface area contributed by atoms with E-state index >= 15 is 0 Å². The first-order valence-electron chi connectivity index (χ1n) is 6.07. The Hall–Kier alpha value is -2.51. The van der Waals surface area contributed by atoms with Gasteiger partial charge in [-0.2, -0.15) is 13.9 Å². The lowest BCUT2D eigenvalue weighted by atomic mass is 10.2. The van der Waals surface area contributed by atoms with Crippen molar-refractivity contribution in [3.63, 3.8) is 0 Å². The lowest BCUT2D eigenvalue weighted by molar-refractivity contribution is -0.0512. The summed E-state index contributed by atoms with van der Waals surface area (Å²) in [6, 6.07) is 4.55. The molecule has 6 nitrogen and oxygen atoms in total. The quantitative estimate of drug-likeness (QED) is 0.795. The Balaban J connectivity index is 2.25. The highest BCUT2D eigenvalue weighted by atomic mass is 19.3. The Morgan fingerprint density at radius 3 is 2.43 bits per heavy atom. The van der Waals surface area contributed by atoms with E-state index in [4.69, 9.17) is 4.74 Å². The van der Waals surface area contributed by atoms with Gasteiger partial charge in [-0.05, 0) is 37.6 Å². The van der Waals surface area contributed by atoms with Crippen molar-refractivity contribution in [2.24, 2.45) is 5.10 Å². The lowest BCUT2D eigenvalue weighted by Gasteiger charge is -2.10. The monoisotopic (exact) mass is 296 g/mol. The molecule has 112 valence electrons. The van der Waals surface area contributed by atoms with Gasteiger partial charge in [0, 0.05) is 0 Å². The maximum atomic E-state index is 12.2. The zero-order valence-electron chi connectivity index (χ0n) is 11.7. The second-order valence-corrected chi connectivity index (χ2v) is 4.14. The topological polar surface area (TPSA) is 61.5 Å². The molecule has 0 amide bonds. The van der Waals surface area contributed by atoms with Gasteiger partial charge in [0.2, 0.25) is 0 Å². The molecule has 0 radical (unpaired) electrons. The summed E-state index contributed by atoms with van der Waals surface area (Å²) in [7, 11) is 1.38. The standard InChI is InChI=1S/C13H14F2N4O2/c1-8-17-18-9(2)19(8)16-7-10-4-5-11(21-13(14)15)12(6-10)20-3/h4-7,13H,1-3H3/b16-7-. The van der Waals surface area contributed by atoms with Gasteiger partial charge in [0.25, 0.3) is 0 Å². The molecule has 0 saturated carbocycles. The number of hydrogen-bond acceptors (Lipinski definition) is 5. The molecular formula is C13H14F2N4O2. The molecular weight excluding hydrogens is 282 g/mol. The van der Waals surface area contributed by atoms with Gasteiger partial charge in [0.15, 0.2) is 23.1 Å². The van der Waals surface area contributed by atoms with Crippen molar-refractivity contribution in [1.82, 2.24) is 14.9 Å². The van der Waals surface area contributed by atoms with Crippen molar-refractivity contribution in [2.75, 3.05) is 7.11 Å². The Morgan fingerprint density at radius 2 is 1.86 bits per heavy atom. The number of nitrogens with zero attached hydrogens (tertiary/aromatic N) is 4. The third kappa shape index (κ3) is 3.53. The fourth-order valence-corrected chi connectivity index (χ4v) is 1.71. The van der Waals surface area contributed by atoms with Crippen molar-refractivity contribution in [3.8, 4) is 11.5 Å². The number of benzene rings is 1. The number of ether oxygens (including phenoxy) is 2. The minimum Gasteiger partial charge on any atom is -0.493 e. The van der Waals surface area contributed by atoms with Crippen LogP contribution in [0.25, 0.3) is 0 Å². The number of aromatic nitrogens is 3. The predicted molar refractivity (Wildman–Crippen MR) is 72.1 cm³/mol. The summed E-state index contributed by atoms with van der Waals surface area (Å²) < 4.78 is 35.4. The van der Waals surface area contributed by atoms with Gasteiger partial charge >= 0.3 is 6.61 Å². The van der Waals surface area contributed by atoms with Crippen molar-refractivity contribution >= 4 is 6.21 Å². The molecule has 21 heavy (non-hydrogen) atoms. The van der Waals surface area contributed by atoms with Crippen molar-refractivity contribution < 1.29 is 18.3 Å². The van der Waals surface area contributed by atoms with Crippen molar-refractivity contribution in [3.05, 3.63) is 35.4 Å². The Bertz CT molecular complexity index is 636. The SMILES string of the molecule is COc1cc(/C=N\n2c(C)nnc2C)ccc1OC(F)F. The third-order valence-corrected chi connectivity index (χ3v) is 2.68. The van der Waals surface area contributed by atoms with Crippen LogP contribution in [0.1, 0.15) is 17.2 Å². The predicted octanol–water partition coefficient (Wildman–Crippen LogP) is 2.39. The van der Waals surface area contributed by atoms with Crippen LogP contribution in [-0.2, 0) is 0 Å². The summed E-state index contributed by atoms with van der Waals surface area (Å²) in [6.45, 7) is 0.648. The van der Waals surface area contributed by atoms with Crippen LogP contribution in [0, 0.1) is 13.8 Å². The molecule has 1 heterocycles. The fraction of sp³-hybridized carbons (Fsp3) is 0.308. The van der Waals surface area contributed by atoms with Crippen LogP contribution in [0.4, 0.5) is 8.78 Å². The van der Waals surface area contributed by atoms with E-state index in [0.717, 1.165) is 0 Å². The van der Waals surface area contributed by atoms with E-state index in [0.29, 0.717) is 17.2 Å². The van der Waals surface area contributed by atoms with Crippen LogP contribution >= 0.6 is 0 Å². The van der Waals surface area contributed by atoms with Gasteiger partial charge in [-0.15, -0.1) is 10.2 Å². The second-order valence-electron chi connectivity index (χ2n) is 4.14. The number of rotatable bonds is 5. The van der Waals surface area contributed by atoms with Gasteiger partial charge in [0.05, 0.1) is 13.3 Å². The highest BCUT2D eigenvalue weighted by Crippen LogP contribution is 2.28. The minimum atomic E-state index is -2.90. The molecule has 0 fully saturated rings. The number of hydrogen-bond donors (Lipinski definition) is 0. The molecule has 0 aliphatic carbocycles. The van der Waals surface area contributed by atoms with Gasteiger partial charge < -0.3 is 9.47 Å². The molecule has 1 aromatic carbocycles. The van der Waals surface area contributed by atoms with Crippen LogP contribution in [0.5, 0.6) is 11.5 Å². The van der Waals surface area contributed by atoms with Gasteiger partial charge in [0.1, 0.15) is 0 Å². The van der Waals surface area contributed by atoms with E-state index in [-0.39, 0.29) is 11.5 Å². The molecule has 1 aromatic heterocycles. The molecule has 0 unspecified atom stereocenters. The Kier molecular flexibility index (Phi) is 4.46. The van der Waals surface area contributed by atoms with E-state index < -0.39 is 6.61 Å². The Labute approximate surface area is 120 Å². The first kappa shape index (κ1) is 14.9.